The molecule has 3 aromatic rings. The van der Waals surface area contributed by atoms with Crippen molar-refractivity contribution in [3.05, 3.63) is 47.9 Å². The molecule has 0 spiro atoms. The highest BCUT2D eigenvalue weighted by Crippen LogP contribution is 2.19. The van der Waals surface area contributed by atoms with Crippen LogP contribution in [-0.2, 0) is 0 Å². The van der Waals surface area contributed by atoms with E-state index in [1.165, 1.54) is 24.7 Å². The first kappa shape index (κ1) is 12.0. The number of para-hydroxylation sites is 1. The highest BCUT2D eigenvalue weighted by molar-refractivity contribution is 6.05. The van der Waals surface area contributed by atoms with Gasteiger partial charge >= 0.3 is 5.97 Å². The molecular formula is C13H9N3O4. The van der Waals surface area contributed by atoms with Crippen LogP contribution in [0.4, 0.5) is 5.95 Å². The molecule has 7 heteroatoms. The van der Waals surface area contributed by atoms with Crippen molar-refractivity contribution in [3.63, 3.8) is 0 Å². The van der Waals surface area contributed by atoms with Crippen LogP contribution in [0.3, 0.4) is 0 Å². The van der Waals surface area contributed by atoms with Crippen molar-refractivity contribution in [2.45, 2.75) is 0 Å². The first-order valence-corrected chi connectivity index (χ1v) is 5.71. The Morgan fingerprint density at radius 3 is 2.85 bits per heavy atom. The minimum atomic E-state index is -1.07. The molecule has 0 aliphatic heterocycles. The lowest BCUT2D eigenvalue weighted by Crippen LogP contribution is -2.11. The summed E-state index contributed by atoms with van der Waals surface area (Å²) in [5, 5.41) is 11.6. The number of amides is 1. The molecule has 3 rings (SSSR count). The number of nitrogens with zero attached hydrogens (tertiary/aromatic N) is 1. The van der Waals surface area contributed by atoms with Gasteiger partial charge in [0.1, 0.15) is 11.8 Å². The lowest BCUT2D eigenvalue weighted by molar-refractivity contribution is 0.0698. The number of H-pyrrole nitrogens is 1. The maximum Gasteiger partial charge on any atom is 0.337 e. The van der Waals surface area contributed by atoms with E-state index in [0.29, 0.717) is 16.6 Å². The lowest BCUT2D eigenvalue weighted by Gasteiger charge is -1.97. The number of furan rings is 1. The number of aromatic carboxylic acids is 1. The van der Waals surface area contributed by atoms with Gasteiger partial charge in [-0.15, -0.1) is 0 Å². The molecule has 0 radical (unpaired) electrons. The molecule has 2 aromatic heterocycles. The standard InChI is InChI=1S/C13H9N3O4/c17-11(7-4-5-20-6-7)16-13-14-9-3-1-2-8(12(18)19)10(9)15-13/h1-6H,(H,18,19)(H2,14,15,16,17). The van der Waals surface area contributed by atoms with Gasteiger partial charge in [-0.05, 0) is 18.2 Å². The largest absolute Gasteiger partial charge is 0.478 e. The minimum absolute atomic E-state index is 0.0718. The molecule has 0 fully saturated rings. The summed E-state index contributed by atoms with van der Waals surface area (Å²) in [6, 6.07) is 6.25. The molecule has 100 valence electrons. The molecule has 0 saturated carbocycles. The van der Waals surface area contributed by atoms with Gasteiger partial charge in [-0.3, -0.25) is 10.1 Å². The topological polar surface area (TPSA) is 108 Å². The highest BCUT2D eigenvalue weighted by Gasteiger charge is 2.14. The van der Waals surface area contributed by atoms with E-state index in [-0.39, 0.29) is 11.5 Å². The van der Waals surface area contributed by atoms with Crippen LogP contribution in [0.2, 0.25) is 0 Å². The summed E-state index contributed by atoms with van der Waals surface area (Å²) in [5.41, 5.74) is 1.25. The van der Waals surface area contributed by atoms with Crippen molar-refractivity contribution in [3.8, 4) is 0 Å². The number of hydrogen-bond donors (Lipinski definition) is 3. The van der Waals surface area contributed by atoms with Crippen LogP contribution < -0.4 is 5.32 Å². The van der Waals surface area contributed by atoms with Crippen molar-refractivity contribution in [2.75, 3.05) is 5.32 Å². The summed E-state index contributed by atoms with van der Waals surface area (Å²) in [7, 11) is 0. The van der Waals surface area contributed by atoms with E-state index < -0.39 is 11.9 Å². The zero-order valence-electron chi connectivity index (χ0n) is 10.1. The van der Waals surface area contributed by atoms with E-state index >= 15 is 0 Å². The third-order valence-corrected chi connectivity index (χ3v) is 2.76. The molecule has 1 amide bonds. The maximum absolute atomic E-state index is 11.8. The number of aromatic amines is 1. The van der Waals surface area contributed by atoms with Crippen molar-refractivity contribution < 1.29 is 19.1 Å². The van der Waals surface area contributed by atoms with E-state index in [9.17, 15) is 9.59 Å². The molecule has 0 saturated heterocycles. The smallest absolute Gasteiger partial charge is 0.337 e. The van der Waals surface area contributed by atoms with Gasteiger partial charge < -0.3 is 14.5 Å². The summed E-state index contributed by atoms with van der Waals surface area (Å²) < 4.78 is 4.81. The maximum atomic E-state index is 11.8. The number of anilines is 1. The minimum Gasteiger partial charge on any atom is -0.478 e. The summed E-state index contributed by atoms with van der Waals surface area (Å²) >= 11 is 0. The Balaban J connectivity index is 1.95. The van der Waals surface area contributed by atoms with Gasteiger partial charge in [-0.1, -0.05) is 6.07 Å². The predicted octanol–water partition coefficient (Wildman–Crippen LogP) is 2.11. The third-order valence-electron chi connectivity index (χ3n) is 2.76. The van der Waals surface area contributed by atoms with Gasteiger partial charge in [0.05, 0.1) is 22.9 Å². The van der Waals surface area contributed by atoms with Crippen LogP contribution in [0, 0.1) is 0 Å². The lowest BCUT2D eigenvalue weighted by atomic mass is 10.2. The molecule has 0 atom stereocenters. The molecule has 0 aliphatic rings. The Morgan fingerprint density at radius 2 is 2.15 bits per heavy atom. The number of imidazole rings is 1. The Labute approximate surface area is 112 Å². The van der Waals surface area contributed by atoms with Gasteiger partial charge in [0.15, 0.2) is 0 Å². The van der Waals surface area contributed by atoms with Crippen molar-refractivity contribution in [1.29, 1.82) is 0 Å². The van der Waals surface area contributed by atoms with E-state index in [1.54, 1.807) is 12.1 Å². The quantitative estimate of drug-likeness (QED) is 0.676. The van der Waals surface area contributed by atoms with Crippen LogP contribution in [0.25, 0.3) is 11.0 Å². The Bertz CT molecular complexity index is 789. The fourth-order valence-electron chi connectivity index (χ4n) is 1.84. The van der Waals surface area contributed by atoms with E-state index in [0.717, 1.165) is 0 Å². The van der Waals surface area contributed by atoms with Crippen molar-refractivity contribution in [1.82, 2.24) is 9.97 Å². The number of carboxylic acid groups (broad SMARTS) is 1. The fraction of sp³-hybridized carbons (Fsp3) is 0. The zero-order valence-corrected chi connectivity index (χ0v) is 10.1. The van der Waals surface area contributed by atoms with Crippen molar-refractivity contribution >= 4 is 28.9 Å². The molecule has 3 N–H and O–H groups in total. The third kappa shape index (κ3) is 2.01. The zero-order chi connectivity index (χ0) is 14.1. The van der Waals surface area contributed by atoms with E-state index in [4.69, 9.17) is 9.52 Å². The summed E-state index contributed by atoms with van der Waals surface area (Å²) in [6.07, 6.45) is 2.69. The average Bonchev–Trinajstić information content (AvgIpc) is 3.06. The number of carboxylic acids is 1. The second-order valence-electron chi connectivity index (χ2n) is 4.06. The van der Waals surface area contributed by atoms with Gasteiger partial charge in [-0.2, -0.15) is 0 Å². The number of benzene rings is 1. The van der Waals surface area contributed by atoms with Gasteiger partial charge in [0.25, 0.3) is 5.91 Å². The number of hydrogen-bond acceptors (Lipinski definition) is 4. The monoisotopic (exact) mass is 271 g/mol. The molecule has 1 aromatic carbocycles. The molecule has 20 heavy (non-hydrogen) atoms. The van der Waals surface area contributed by atoms with Crippen LogP contribution in [0.1, 0.15) is 20.7 Å². The fourth-order valence-corrected chi connectivity index (χ4v) is 1.84. The van der Waals surface area contributed by atoms with Gasteiger partial charge in [0.2, 0.25) is 5.95 Å². The summed E-state index contributed by atoms with van der Waals surface area (Å²) in [6.45, 7) is 0. The molecule has 0 unspecified atom stereocenters. The normalized spacial score (nSPS) is 10.6. The molecule has 7 nitrogen and oxygen atoms in total. The number of carbonyl (C=O) groups excluding carboxylic acids is 1. The molecule has 0 aliphatic carbocycles. The van der Waals surface area contributed by atoms with Crippen LogP contribution in [0.5, 0.6) is 0 Å². The van der Waals surface area contributed by atoms with Gasteiger partial charge in [-0.25, -0.2) is 9.78 Å². The summed E-state index contributed by atoms with van der Waals surface area (Å²) in [4.78, 5) is 29.8. The van der Waals surface area contributed by atoms with Gasteiger partial charge in [0, 0.05) is 0 Å². The van der Waals surface area contributed by atoms with Crippen LogP contribution >= 0.6 is 0 Å². The second-order valence-corrected chi connectivity index (χ2v) is 4.06. The average molecular weight is 271 g/mol. The molecule has 2 heterocycles. The number of fused-ring (bicyclic) bond motifs is 1. The first-order chi connectivity index (χ1) is 9.65. The number of rotatable bonds is 3. The number of aromatic nitrogens is 2. The van der Waals surface area contributed by atoms with Crippen LogP contribution in [0.15, 0.2) is 41.2 Å². The summed E-state index contributed by atoms with van der Waals surface area (Å²) in [5.74, 6) is -1.29. The predicted molar refractivity (Wildman–Crippen MR) is 69.7 cm³/mol. The highest BCUT2D eigenvalue weighted by atomic mass is 16.4. The number of carbonyl (C=O) groups is 2. The van der Waals surface area contributed by atoms with E-state index in [2.05, 4.69) is 15.3 Å². The molecule has 0 bridgehead atoms. The number of nitrogens with one attached hydrogen (secondary N) is 2. The molecular weight excluding hydrogens is 262 g/mol. The first-order valence-electron chi connectivity index (χ1n) is 5.71. The Hall–Kier alpha value is -3.09. The Kier molecular flexibility index (Phi) is 2.72. The van der Waals surface area contributed by atoms with E-state index in [1.807, 2.05) is 0 Å². The van der Waals surface area contributed by atoms with Crippen LogP contribution in [-0.4, -0.2) is 27.0 Å². The Morgan fingerprint density at radius 1 is 1.30 bits per heavy atom. The van der Waals surface area contributed by atoms with Crippen molar-refractivity contribution in [2.24, 2.45) is 0 Å². The second kappa shape index (κ2) is 4.54. The SMILES string of the molecule is O=C(Nc1nc2c(C(=O)O)cccc2[nH]1)c1ccoc1.